The third-order valence-electron chi connectivity index (χ3n) is 4.09. The second kappa shape index (κ2) is 7.34. The molecule has 1 unspecified atom stereocenters. The fourth-order valence-corrected chi connectivity index (χ4v) is 4.42. The van der Waals surface area contributed by atoms with Gasteiger partial charge in [0.15, 0.2) is 9.84 Å². The van der Waals surface area contributed by atoms with Crippen molar-refractivity contribution in [3.8, 4) is 0 Å². The average Bonchev–Trinajstić information content (AvgIpc) is 2.82. The van der Waals surface area contributed by atoms with Crippen molar-refractivity contribution in [3.05, 3.63) is 35.4 Å². The molecular weight excluding hydrogens is 328 g/mol. The van der Waals surface area contributed by atoms with Gasteiger partial charge < -0.3 is 10.6 Å². The van der Waals surface area contributed by atoms with Crippen LogP contribution in [0.1, 0.15) is 36.2 Å². The molecular formula is C17H24N2O4S. The molecule has 6 nitrogen and oxygen atoms in total. The van der Waals surface area contributed by atoms with Crippen LogP contribution in [0.3, 0.4) is 0 Å². The molecule has 1 saturated heterocycles. The van der Waals surface area contributed by atoms with Gasteiger partial charge in [-0.2, -0.15) is 0 Å². The molecule has 1 heterocycles. The molecule has 7 heteroatoms. The molecule has 1 aliphatic rings. The highest BCUT2D eigenvalue weighted by Gasteiger charge is 2.32. The molecule has 24 heavy (non-hydrogen) atoms. The lowest BCUT2D eigenvalue weighted by Gasteiger charge is -2.23. The third-order valence-corrected chi connectivity index (χ3v) is 5.86. The Morgan fingerprint density at radius 1 is 1.25 bits per heavy atom. The number of carbonyl (C=O) groups is 2. The number of benzene rings is 1. The molecule has 1 aliphatic heterocycles. The minimum absolute atomic E-state index is 0.0324. The summed E-state index contributed by atoms with van der Waals surface area (Å²) in [4.78, 5) is 24.8. The van der Waals surface area contributed by atoms with Crippen LogP contribution in [-0.2, 0) is 14.6 Å². The zero-order chi connectivity index (χ0) is 17.9. The maximum absolute atomic E-state index is 12.5. The minimum Gasteiger partial charge on any atom is -0.351 e. The summed E-state index contributed by atoms with van der Waals surface area (Å²) in [5.41, 5.74) is 1.46. The number of aryl methyl sites for hydroxylation is 1. The van der Waals surface area contributed by atoms with Crippen LogP contribution in [0.2, 0.25) is 0 Å². The van der Waals surface area contributed by atoms with Gasteiger partial charge in [0.2, 0.25) is 5.91 Å². The maximum Gasteiger partial charge on any atom is 0.251 e. The van der Waals surface area contributed by atoms with Gasteiger partial charge in [0, 0.05) is 11.6 Å². The summed E-state index contributed by atoms with van der Waals surface area (Å²) in [5.74, 6) is -0.702. The first kappa shape index (κ1) is 18.4. The van der Waals surface area contributed by atoms with Crippen LogP contribution in [0, 0.1) is 12.8 Å². The molecule has 2 rings (SSSR count). The number of rotatable bonds is 5. The van der Waals surface area contributed by atoms with E-state index < -0.39 is 15.9 Å². The summed E-state index contributed by atoms with van der Waals surface area (Å²) in [5, 5.41) is 5.51. The molecule has 0 aliphatic carbocycles. The van der Waals surface area contributed by atoms with Gasteiger partial charge in [-0.15, -0.1) is 0 Å². The van der Waals surface area contributed by atoms with Crippen LogP contribution in [0.5, 0.6) is 0 Å². The predicted molar refractivity (Wildman–Crippen MR) is 92.5 cm³/mol. The van der Waals surface area contributed by atoms with E-state index in [2.05, 4.69) is 10.6 Å². The molecule has 0 bridgehead atoms. The highest BCUT2D eigenvalue weighted by Crippen LogP contribution is 2.13. The van der Waals surface area contributed by atoms with Gasteiger partial charge in [-0.05, 0) is 31.4 Å². The van der Waals surface area contributed by atoms with Crippen molar-refractivity contribution in [1.82, 2.24) is 10.6 Å². The fourth-order valence-electron chi connectivity index (χ4n) is 2.75. The van der Waals surface area contributed by atoms with E-state index in [0.717, 1.165) is 5.56 Å². The van der Waals surface area contributed by atoms with Crippen molar-refractivity contribution >= 4 is 21.7 Å². The van der Waals surface area contributed by atoms with Gasteiger partial charge in [-0.1, -0.05) is 31.5 Å². The van der Waals surface area contributed by atoms with Crippen molar-refractivity contribution in [1.29, 1.82) is 0 Å². The Kier molecular flexibility index (Phi) is 5.64. The molecule has 132 valence electrons. The Bertz CT molecular complexity index is 728. The summed E-state index contributed by atoms with van der Waals surface area (Å²) >= 11 is 0. The summed E-state index contributed by atoms with van der Waals surface area (Å²) in [6.07, 6.45) is 0.421. The Labute approximate surface area is 142 Å². The summed E-state index contributed by atoms with van der Waals surface area (Å²) in [6, 6.07) is 6.05. The minimum atomic E-state index is -3.06. The zero-order valence-corrected chi connectivity index (χ0v) is 15.0. The van der Waals surface area contributed by atoms with E-state index in [0.29, 0.717) is 12.0 Å². The van der Waals surface area contributed by atoms with Gasteiger partial charge >= 0.3 is 0 Å². The first-order chi connectivity index (χ1) is 11.2. The third kappa shape index (κ3) is 4.80. The first-order valence-electron chi connectivity index (χ1n) is 8.06. The van der Waals surface area contributed by atoms with Crippen LogP contribution < -0.4 is 10.6 Å². The highest BCUT2D eigenvalue weighted by molar-refractivity contribution is 7.91. The lowest BCUT2D eigenvalue weighted by atomic mass is 10.0. The smallest absolute Gasteiger partial charge is 0.251 e. The van der Waals surface area contributed by atoms with Crippen LogP contribution in [0.15, 0.2) is 24.3 Å². The molecule has 1 aromatic rings. The quantitative estimate of drug-likeness (QED) is 0.828. The Hall–Kier alpha value is -1.89. The number of amides is 2. The van der Waals surface area contributed by atoms with Crippen molar-refractivity contribution in [2.45, 2.75) is 39.3 Å². The number of nitrogens with one attached hydrogen (secondary N) is 2. The van der Waals surface area contributed by atoms with Crippen molar-refractivity contribution in [3.63, 3.8) is 0 Å². The largest absolute Gasteiger partial charge is 0.351 e. The lowest BCUT2D eigenvalue weighted by Crippen LogP contribution is -2.52. The number of carbonyl (C=O) groups excluding carboxylic acids is 2. The molecule has 1 fully saturated rings. The topological polar surface area (TPSA) is 92.3 Å². The van der Waals surface area contributed by atoms with Gasteiger partial charge in [-0.3, -0.25) is 9.59 Å². The van der Waals surface area contributed by atoms with Crippen LogP contribution in [0.25, 0.3) is 0 Å². The lowest BCUT2D eigenvalue weighted by molar-refractivity contribution is -0.124. The second-order valence-corrected chi connectivity index (χ2v) is 8.90. The SMILES string of the molecule is Cc1cccc(C(=O)N[C@H](C(=O)NC2CCS(=O)(=O)C2)C(C)C)c1. The van der Waals surface area contributed by atoms with Gasteiger partial charge in [0.25, 0.3) is 5.91 Å². The Morgan fingerprint density at radius 2 is 1.96 bits per heavy atom. The van der Waals surface area contributed by atoms with E-state index >= 15 is 0 Å². The Morgan fingerprint density at radius 3 is 2.50 bits per heavy atom. The van der Waals surface area contributed by atoms with Crippen LogP contribution in [0.4, 0.5) is 0 Å². The standard InChI is InChI=1S/C17H24N2O4S/c1-11(2)15(17(21)18-14-7-8-24(22,23)10-14)19-16(20)13-6-4-5-12(3)9-13/h4-6,9,11,14-15H,7-8,10H2,1-3H3,(H,18,21)(H,19,20)/t14?,15-/m0/s1. The van der Waals surface area contributed by atoms with E-state index in [4.69, 9.17) is 0 Å². The van der Waals surface area contributed by atoms with Crippen LogP contribution >= 0.6 is 0 Å². The second-order valence-electron chi connectivity index (χ2n) is 6.67. The normalized spacial score (nSPS) is 20.6. The number of hydrogen-bond donors (Lipinski definition) is 2. The molecule has 0 spiro atoms. The van der Waals surface area contributed by atoms with Crippen LogP contribution in [-0.4, -0.2) is 43.8 Å². The molecule has 2 atom stereocenters. The van der Waals surface area contributed by atoms with Crippen molar-refractivity contribution in [2.24, 2.45) is 5.92 Å². The summed E-state index contributed by atoms with van der Waals surface area (Å²) in [7, 11) is -3.06. The number of sulfone groups is 1. The molecule has 2 N–H and O–H groups in total. The molecule has 0 aromatic heterocycles. The van der Waals surface area contributed by atoms with Crippen molar-refractivity contribution < 1.29 is 18.0 Å². The van der Waals surface area contributed by atoms with E-state index in [1.807, 2.05) is 26.8 Å². The monoisotopic (exact) mass is 352 g/mol. The van der Waals surface area contributed by atoms with E-state index in [1.165, 1.54) is 0 Å². The van der Waals surface area contributed by atoms with Gasteiger partial charge in [0.1, 0.15) is 6.04 Å². The fraction of sp³-hybridized carbons (Fsp3) is 0.529. The molecule has 1 aromatic carbocycles. The number of hydrogen-bond acceptors (Lipinski definition) is 4. The first-order valence-corrected chi connectivity index (χ1v) is 9.88. The Balaban J connectivity index is 2.03. The molecule has 2 amide bonds. The predicted octanol–water partition coefficient (Wildman–Crippen LogP) is 1.05. The van der Waals surface area contributed by atoms with Gasteiger partial charge in [0.05, 0.1) is 11.5 Å². The summed E-state index contributed by atoms with van der Waals surface area (Å²) in [6.45, 7) is 5.57. The van der Waals surface area contributed by atoms with E-state index in [9.17, 15) is 18.0 Å². The highest BCUT2D eigenvalue weighted by atomic mass is 32.2. The molecule has 0 saturated carbocycles. The van der Waals surface area contributed by atoms with Crippen molar-refractivity contribution in [2.75, 3.05) is 11.5 Å². The average molecular weight is 352 g/mol. The summed E-state index contributed by atoms with van der Waals surface area (Å²) < 4.78 is 23.0. The van der Waals surface area contributed by atoms with E-state index in [1.54, 1.807) is 18.2 Å². The zero-order valence-electron chi connectivity index (χ0n) is 14.2. The molecule has 0 radical (unpaired) electrons. The maximum atomic E-state index is 12.5. The van der Waals surface area contributed by atoms with Gasteiger partial charge in [-0.25, -0.2) is 8.42 Å². The van der Waals surface area contributed by atoms with E-state index in [-0.39, 0.29) is 35.3 Å².